The lowest BCUT2D eigenvalue weighted by Gasteiger charge is -2.37. The van der Waals surface area contributed by atoms with Crippen molar-refractivity contribution in [1.29, 1.82) is 0 Å². The number of carbonyl (C=O) groups is 2. The zero-order valence-corrected chi connectivity index (χ0v) is 26.0. The molecule has 0 spiro atoms. The van der Waals surface area contributed by atoms with Gasteiger partial charge in [0.2, 0.25) is 5.91 Å². The van der Waals surface area contributed by atoms with Gasteiger partial charge in [0.05, 0.1) is 12.2 Å². The minimum absolute atomic E-state index is 0.123. The number of nitrogens with zero attached hydrogens (tertiary/aromatic N) is 3. The van der Waals surface area contributed by atoms with Gasteiger partial charge in [0.15, 0.2) is 0 Å². The summed E-state index contributed by atoms with van der Waals surface area (Å²) in [7, 11) is 4.05. The molecular weight excluding hydrogens is 550 g/mol. The van der Waals surface area contributed by atoms with Crippen LogP contribution < -0.4 is 15.0 Å². The number of piperidine rings is 1. The van der Waals surface area contributed by atoms with E-state index in [9.17, 15) is 9.59 Å². The van der Waals surface area contributed by atoms with Gasteiger partial charge in [0.25, 0.3) is 0 Å². The van der Waals surface area contributed by atoms with Crippen LogP contribution in [0.15, 0.2) is 79.0 Å². The van der Waals surface area contributed by atoms with E-state index in [1.165, 1.54) is 5.56 Å². The van der Waals surface area contributed by atoms with E-state index in [2.05, 4.69) is 45.5 Å². The summed E-state index contributed by atoms with van der Waals surface area (Å²) < 4.78 is 5.95. The van der Waals surface area contributed by atoms with Gasteiger partial charge >= 0.3 is 6.03 Å². The number of ether oxygens (including phenoxy) is 1. The first-order valence-electron chi connectivity index (χ1n) is 15.7. The highest BCUT2D eigenvalue weighted by Crippen LogP contribution is 2.35. The van der Waals surface area contributed by atoms with E-state index >= 15 is 0 Å². The maximum absolute atomic E-state index is 14.6. The predicted molar refractivity (Wildman–Crippen MR) is 175 cm³/mol. The average molecular weight is 594 g/mol. The van der Waals surface area contributed by atoms with Crippen molar-refractivity contribution in [2.75, 3.05) is 45.2 Å². The monoisotopic (exact) mass is 593 g/mol. The number of nitrogens with one attached hydrogen (secondary N) is 2. The van der Waals surface area contributed by atoms with Gasteiger partial charge in [-0.15, -0.1) is 0 Å². The Balaban J connectivity index is 1.24. The molecule has 0 saturated carbocycles. The first-order chi connectivity index (χ1) is 21.4. The fraction of sp³-hybridized carbons (Fsp3) is 0.389. The van der Waals surface area contributed by atoms with Gasteiger partial charge < -0.3 is 29.7 Å². The highest BCUT2D eigenvalue weighted by atomic mass is 16.5. The molecule has 2 atom stereocenters. The van der Waals surface area contributed by atoms with Crippen molar-refractivity contribution in [2.45, 2.75) is 44.7 Å². The highest BCUT2D eigenvalue weighted by Gasteiger charge is 2.37. The average Bonchev–Trinajstić information content (AvgIpc) is 3.47. The molecule has 2 N–H and O–H groups in total. The van der Waals surface area contributed by atoms with E-state index in [1.54, 1.807) is 4.90 Å². The second-order valence-corrected chi connectivity index (χ2v) is 12.5. The van der Waals surface area contributed by atoms with Crippen LogP contribution in [-0.4, -0.2) is 73.1 Å². The Kier molecular flexibility index (Phi) is 8.89. The number of para-hydroxylation sites is 1. The van der Waals surface area contributed by atoms with Crippen molar-refractivity contribution in [3.05, 3.63) is 95.7 Å². The molecule has 1 aromatic heterocycles. The molecule has 8 heteroatoms. The number of carbonyl (C=O) groups excluding carboxylic acids is 2. The Morgan fingerprint density at radius 3 is 2.50 bits per heavy atom. The molecule has 0 radical (unpaired) electrons. The summed E-state index contributed by atoms with van der Waals surface area (Å²) in [6, 6.07) is 23.8. The highest BCUT2D eigenvalue weighted by molar-refractivity contribution is 6.01. The number of hydrogen-bond donors (Lipinski definition) is 2. The lowest BCUT2D eigenvalue weighted by atomic mass is 9.90. The third-order valence-corrected chi connectivity index (χ3v) is 9.08. The molecule has 44 heavy (non-hydrogen) atoms. The molecule has 4 aromatic rings. The van der Waals surface area contributed by atoms with Crippen molar-refractivity contribution in [1.82, 2.24) is 20.1 Å². The third kappa shape index (κ3) is 6.45. The van der Waals surface area contributed by atoms with Gasteiger partial charge in [-0.3, -0.25) is 4.79 Å². The number of amides is 3. The van der Waals surface area contributed by atoms with E-state index < -0.39 is 6.04 Å². The summed E-state index contributed by atoms with van der Waals surface area (Å²) in [5, 5.41) is 4.27. The number of aromatic amines is 1. The number of hydrogen-bond acceptors (Lipinski definition) is 4. The Labute approximate surface area is 260 Å². The second-order valence-electron chi connectivity index (χ2n) is 12.5. The molecule has 3 heterocycles. The number of anilines is 1. The Bertz CT molecular complexity index is 1590. The maximum atomic E-state index is 14.6. The topological polar surface area (TPSA) is 80.9 Å². The SMILES string of the molecule is C[C@@H](c1c[nH]c2ccccc12)[C@@H](NC(=O)N1CCC(Cc2ccccc2)CC1)C(=O)N1CCOc2ccc(CN(C)C)cc21. The van der Waals surface area contributed by atoms with Crippen LogP contribution in [0, 0.1) is 5.92 Å². The zero-order chi connectivity index (χ0) is 30.6. The second kappa shape index (κ2) is 13.1. The molecule has 6 rings (SSSR count). The Morgan fingerprint density at radius 2 is 1.73 bits per heavy atom. The summed E-state index contributed by atoms with van der Waals surface area (Å²) in [5.41, 5.74) is 5.22. The summed E-state index contributed by atoms with van der Waals surface area (Å²) >= 11 is 0. The lowest BCUT2D eigenvalue weighted by molar-refractivity contribution is -0.121. The lowest BCUT2D eigenvalue weighted by Crippen LogP contribution is -2.56. The summed E-state index contributed by atoms with van der Waals surface area (Å²) in [6.07, 6.45) is 4.90. The van der Waals surface area contributed by atoms with Crippen LogP contribution in [0.3, 0.4) is 0 Å². The minimum atomic E-state index is -0.757. The number of fused-ring (bicyclic) bond motifs is 2. The van der Waals surface area contributed by atoms with E-state index in [-0.39, 0.29) is 17.9 Å². The molecule has 0 aliphatic carbocycles. The van der Waals surface area contributed by atoms with E-state index in [4.69, 9.17) is 4.74 Å². The summed E-state index contributed by atoms with van der Waals surface area (Å²) in [6.45, 7) is 4.98. The summed E-state index contributed by atoms with van der Waals surface area (Å²) in [4.78, 5) is 37.5. The molecule has 1 fully saturated rings. The van der Waals surface area contributed by atoms with Gasteiger partial charge in [-0.1, -0.05) is 61.5 Å². The van der Waals surface area contributed by atoms with E-state index in [1.807, 2.05) is 74.6 Å². The fourth-order valence-electron chi connectivity index (χ4n) is 6.69. The Hall–Kier alpha value is -4.30. The van der Waals surface area contributed by atoms with Crippen LogP contribution in [0.25, 0.3) is 10.9 Å². The van der Waals surface area contributed by atoms with Crippen LogP contribution >= 0.6 is 0 Å². The smallest absolute Gasteiger partial charge is 0.318 e. The third-order valence-electron chi connectivity index (χ3n) is 9.08. The number of likely N-dealkylation sites (tertiary alicyclic amines) is 1. The van der Waals surface area contributed by atoms with Crippen LogP contribution in [0.1, 0.15) is 42.4 Å². The van der Waals surface area contributed by atoms with Gasteiger partial charge in [0.1, 0.15) is 18.4 Å². The predicted octanol–water partition coefficient (Wildman–Crippen LogP) is 5.79. The zero-order valence-electron chi connectivity index (χ0n) is 26.0. The molecule has 3 amide bonds. The fourth-order valence-corrected chi connectivity index (χ4v) is 6.69. The van der Waals surface area contributed by atoms with E-state index in [0.29, 0.717) is 37.9 Å². The molecule has 1 saturated heterocycles. The molecule has 3 aromatic carbocycles. The van der Waals surface area contributed by atoms with Gasteiger partial charge in [-0.05, 0) is 74.2 Å². The van der Waals surface area contributed by atoms with Gasteiger partial charge in [-0.2, -0.15) is 0 Å². The van der Waals surface area contributed by atoms with Crippen molar-refractivity contribution in [2.24, 2.45) is 5.92 Å². The summed E-state index contributed by atoms with van der Waals surface area (Å²) in [5.74, 6) is 0.846. The number of benzene rings is 3. The van der Waals surface area contributed by atoms with Crippen molar-refractivity contribution in [3.8, 4) is 5.75 Å². The molecule has 230 valence electrons. The first-order valence-corrected chi connectivity index (χ1v) is 15.7. The standard InChI is InChI=1S/C36H43N5O3/c1-25(30-23-37-31-12-8-7-11-29(30)31)34(35(42)41-19-20-44-33-14-13-28(22-32(33)41)24-39(2)3)38-36(43)40-17-15-27(16-18-40)21-26-9-5-4-6-10-26/h4-14,22-23,25,27,34,37H,15-21,24H2,1-3H3,(H,38,43)/t25-,34+/m0/s1. The number of H-pyrrole nitrogens is 1. The van der Waals surface area contributed by atoms with Crippen LogP contribution in [0.2, 0.25) is 0 Å². The Morgan fingerprint density at radius 1 is 0.977 bits per heavy atom. The van der Waals surface area contributed by atoms with Crippen molar-refractivity contribution in [3.63, 3.8) is 0 Å². The minimum Gasteiger partial charge on any atom is -0.490 e. The van der Waals surface area contributed by atoms with Crippen molar-refractivity contribution >= 4 is 28.5 Å². The first kappa shape index (κ1) is 29.8. The molecular formula is C36H43N5O3. The van der Waals surface area contributed by atoms with Gasteiger partial charge in [-0.25, -0.2) is 4.79 Å². The largest absolute Gasteiger partial charge is 0.490 e. The van der Waals surface area contributed by atoms with Gasteiger partial charge in [0, 0.05) is 42.7 Å². The quantitative estimate of drug-likeness (QED) is 0.271. The normalized spacial score (nSPS) is 16.8. The van der Waals surface area contributed by atoms with Crippen LogP contribution in [0.4, 0.5) is 10.5 Å². The molecule has 0 bridgehead atoms. The molecule has 2 aliphatic rings. The number of aromatic nitrogens is 1. The van der Waals surface area contributed by atoms with E-state index in [0.717, 1.165) is 53.5 Å². The van der Waals surface area contributed by atoms with Crippen molar-refractivity contribution < 1.29 is 14.3 Å². The molecule has 0 unspecified atom stereocenters. The number of rotatable bonds is 8. The van der Waals surface area contributed by atoms with Crippen LogP contribution in [0.5, 0.6) is 5.75 Å². The maximum Gasteiger partial charge on any atom is 0.318 e. The van der Waals surface area contributed by atoms with Crippen LogP contribution in [-0.2, 0) is 17.8 Å². The molecule has 2 aliphatic heterocycles. The number of urea groups is 1. The molecule has 8 nitrogen and oxygen atoms in total.